The van der Waals surface area contributed by atoms with Gasteiger partial charge in [0.1, 0.15) is 0 Å². The number of hydrogen-bond donors (Lipinski definition) is 1. The van der Waals surface area contributed by atoms with Crippen molar-refractivity contribution in [2.24, 2.45) is 5.73 Å². The average molecular weight is 138 g/mol. The van der Waals surface area contributed by atoms with E-state index in [0.29, 0.717) is 0 Å². The number of rotatable bonds is 0. The van der Waals surface area contributed by atoms with Crippen LogP contribution < -0.4 is 5.73 Å². The lowest BCUT2D eigenvalue weighted by molar-refractivity contribution is 0.767. The molecule has 0 radical (unpaired) electrons. The number of hydrogen-bond acceptors (Lipinski definition) is 2. The Hall–Kier alpha value is 0.600. The zero-order valence-corrected chi connectivity index (χ0v) is 5.50. The fourth-order valence-electron chi connectivity index (χ4n) is 0.545. The van der Waals surface area contributed by atoms with E-state index in [1.54, 1.807) is 0 Å². The molecule has 0 aromatic carbocycles. The third-order valence-electron chi connectivity index (χ3n) is 1.05. The Balaban J connectivity index is 2.33. The average Bonchev–Trinajstić information content (AvgIpc) is 1.91. The molecule has 0 bridgehead atoms. The van der Waals surface area contributed by atoms with E-state index in [-0.39, 0.29) is 11.4 Å². The van der Waals surface area contributed by atoms with Crippen LogP contribution in [0.1, 0.15) is 0 Å². The van der Waals surface area contributed by atoms with Gasteiger partial charge >= 0.3 is 0 Å². The summed E-state index contributed by atoms with van der Waals surface area (Å²) in [6, 6.07) is 0.242. The van der Waals surface area contributed by atoms with Gasteiger partial charge in [-0.25, -0.2) is 0 Å². The Morgan fingerprint density at radius 1 is 1.57 bits per heavy atom. The third-order valence-corrected chi connectivity index (χ3v) is 2.93. The highest BCUT2D eigenvalue weighted by atomic mass is 35.5. The lowest BCUT2D eigenvalue weighted by atomic mass is 10.3. The second-order valence-electron chi connectivity index (χ2n) is 1.72. The maximum atomic E-state index is 5.72. The summed E-state index contributed by atoms with van der Waals surface area (Å²) in [4.78, 5) is 0. The first-order valence-corrected chi connectivity index (χ1v) is 3.87. The van der Waals surface area contributed by atoms with Crippen molar-refractivity contribution in [3.8, 4) is 0 Å². The van der Waals surface area contributed by atoms with E-state index >= 15 is 0 Å². The fraction of sp³-hybridized carbons (Fsp3) is 1.00. The number of halogens is 1. The normalized spacial score (nSPS) is 42.0. The van der Waals surface area contributed by atoms with E-state index < -0.39 is 0 Å². The van der Waals surface area contributed by atoms with Gasteiger partial charge in [-0.05, 0) is 0 Å². The third kappa shape index (κ3) is 1.24. The molecular formula is C4H8ClNS. The molecule has 3 heteroatoms. The van der Waals surface area contributed by atoms with Crippen molar-refractivity contribution in [3.05, 3.63) is 0 Å². The van der Waals surface area contributed by atoms with Crippen LogP contribution in [-0.2, 0) is 0 Å². The van der Waals surface area contributed by atoms with E-state index in [2.05, 4.69) is 0 Å². The second-order valence-corrected chi connectivity index (χ2v) is 3.35. The van der Waals surface area contributed by atoms with E-state index in [0.717, 1.165) is 11.5 Å². The van der Waals surface area contributed by atoms with Crippen LogP contribution in [0.5, 0.6) is 0 Å². The van der Waals surface area contributed by atoms with Crippen molar-refractivity contribution >= 4 is 23.4 Å². The first-order valence-electron chi connectivity index (χ1n) is 2.28. The predicted molar refractivity (Wildman–Crippen MR) is 34.9 cm³/mol. The monoisotopic (exact) mass is 137 g/mol. The van der Waals surface area contributed by atoms with Crippen LogP contribution in [0.25, 0.3) is 0 Å². The molecule has 0 aliphatic carbocycles. The van der Waals surface area contributed by atoms with Crippen LogP contribution in [0.2, 0.25) is 0 Å². The quantitative estimate of drug-likeness (QED) is 0.497. The highest BCUT2D eigenvalue weighted by Gasteiger charge is 2.21. The molecule has 2 unspecified atom stereocenters. The summed E-state index contributed by atoms with van der Waals surface area (Å²) in [5.41, 5.74) is 5.53. The predicted octanol–water partition coefficient (Wildman–Crippen LogP) is 0.668. The topological polar surface area (TPSA) is 26.0 Å². The van der Waals surface area contributed by atoms with Crippen molar-refractivity contribution in [1.82, 2.24) is 0 Å². The van der Waals surface area contributed by atoms with Gasteiger partial charge < -0.3 is 5.73 Å². The van der Waals surface area contributed by atoms with Crippen molar-refractivity contribution in [2.75, 3.05) is 11.5 Å². The van der Waals surface area contributed by atoms with Gasteiger partial charge in [0.2, 0.25) is 0 Å². The van der Waals surface area contributed by atoms with Crippen molar-refractivity contribution in [2.45, 2.75) is 11.4 Å². The molecule has 1 heterocycles. The maximum absolute atomic E-state index is 5.72. The molecule has 0 saturated carbocycles. The molecule has 42 valence electrons. The van der Waals surface area contributed by atoms with Gasteiger partial charge in [0.15, 0.2) is 0 Å². The Morgan fingerprint density at radius 3 is 2.43 bits per heavy atom. The van der Waals surface area contributed by atoms with E-state index in [9.17, 15) is 0 Å². The fourth-order valence-corrected chi connectivity index (χ4v) is 2.12. The smallest absolute Gasteiger partial charge is 0.0585 e. The van der Waals surface area contributed by atoms with Gasteiger partial charge in [0, 0.05) is 17.5 Å². The highest BCUT2D eigenvalue weighted by Crippen LogP contribution is 2.20. The lowest BCUT2D eigenvalue weighted by Crippen LogP contribution is -2.28. The number of thioether (sulfide) groups is 1. The zero-order chi connectivity index (χ0) is 5.28. The molecule has 0 amide bonds. The minimum absolute atomic E-state index is 0.227. The van der Waals surface area contributed by atoms with Gasteiger partial charge in [0.05, 0.1) is 5.38 Å². The maximum Gasteiger partial charge on any atom is 0.0585 e. The van der Waals surface area contributed by atoms with Gasteiger partial charge in [-0.15, -0.1) is 11.6 Å². The van der Waals surface area contributed by atoms with Crippen LogP contribution in [0.15, 0.2) is 0 Å². The summed E-state index contributed by atoms with van der Waals surface area (Å²) in [6.45, 7) is 0. The van der Waals surface area contributed by atoms with Crippen LogP contribution in [0.4, 0.5) is 0 Å². The first-order chi connectivity index (χ1) is 3.30. The summed E-state index contributed by atoms with van der Waals surface area (Å²) >= 11 is 7.55. The van der Waals surface area contributed by atoms with E-state index in [1.807, 2.05) is 11.8 Å². The van der Waals surface area contributed by atoms with Crippen LogP contribution in [-0.4, -0.2) is 22.9 Å². The van der Waals surface area contributed by atoms with Gasteiger partial charge in [-0.3, -0.25) is 0 Å². The SMILES string of the molecule is NC1CSCC1Cl. The largest absolute Gasteiger partial charge is 0.326 e. The first kappa shape index (κ1) is 5.73. The molecule has 2 N–H and O–H groups in total. The van der Waals surface area contributed by atoms with Crippen molar-refractivity contribution in [3.63, 3.8) is 0 Å². The molecule has 1 fully saturated rings. The van der Waals surface area contributed by atoms with Crippen LogP contribution >= 0.6 is 23.4 Å². The molecule has 0 aromatic rings. The molecule has 1 nitrogen and oxygen atoms in total. The molecule has 2 atom stereocenters. The Kier molecular flexibility index (Phi) is 1.84. The summed E-state index contributed by atoms with van der Waals surface area (Å²) in [5.74, 6) is 2.07. The van der Waals surface area contributed by atoms with Crippen LogP contribution in [0, 0.1) is 0 Å². The summed E-state index contributed by atoms with van der Waals surface area (Å²) < 4.78 is 0. The van der Waals surface area contributed by atoms with Crippen LogP contribution in [0.3, 0.4) is 0 Å². The molecular weight excluding hydrogens is 130 g/mol. The van der Waals surface area contributed by atoms with Gasteiger partial charge in [-0.1, -0.05) is 0 Å². The molecule has 0 aromatic heterocycles. The Bertz CT molecular complexity index is 60.7. The lowest BCUT2D eigenvalue weighted by Gasteiger charge is -2.01. The molecule has 1 aliphatic rings. The summed E-state index contributed by atoms with van der Waals surface area (Å²) in [7, 11) is 0. The molecule has 7 heavy (non-hydrogen) atoms. The summed E-state index contributed by atoms with van der Waals surface area (Å²) in [5, 5.41) is 0.227. The molecule has 1 saturated heterocycles. The minimum Gasteiger partial charge on any atom is -0.326 e. The molecule has 1 aliphatic heterocycles. The van der Waals surface area contributed by atoms with E-state index in [4.69, 9.17) is 17.3 Å². The van der Waals surface area contributed by atoms with Gasteiger partial charge in [-0.2, -0.15) is 11.8 Å². The Labute approximate surface area is 52.6 Å². The van der Waals surface area contributed by atoms with E-state index in [1.165, 1.54) is 0 Å². The minimum atomic E-state index is 0.227. The number of alkyl halides is 1. The molecule has 1 rings (SSSR count). The van der Waals surface area contributed by atoms with Gasteiger partial charge in [0.25, 0.3) is 0 Å². The Morgan fingerprint density at radius 2 is 2.29 bits per heavy atom. The number of nitrogens with two attached hydrogens (primary N) is 1. The standard InChI is InChI=1S/C4H8ClNS/c5-3-1-7-2-4(3)6/h3-4H,1-2,6H2. The highest BCUT2D eigenvalue weighted by molar-refractivity contribution is 7.99. The molecule has 0 spiro atoms. The van der Waals surface area contributed by atoms with Crippen molar-refractivity contribution < 1.29 is 0 Å². The zero-order valence-electron chi connectivity index (χ0n) is 3.93. The summed E-state index contributed by atoms with van der Waals surface area (Å²) in [6.07, 6.45) is 0. The van der Waals surface area contributed by atoms with Crippen molar-refractivity contribution in [1.29, 1.82) is 0 Å². The second kappa shape index (κ2) is 2.25.